The van der Waals surface area contributed by atoms with Crippen LogP contribution in [0.2, 0.25) is 0 Å². The number of hydrogen-bond acceptors (Lipinski definition) is 3. The maximum Gasteiger partial charge on any atom is 0.0974 e. The molecule has 0 radical (unpaired) electrons. The Morgan fingerprint density at radius 1 is 1.10 bits per heavy atom. The fourth-order valence-corrected chi connectivity index (χ4v) is 1.89. The SMILES string of the molecule is CC1C(O)C(O)C(C)N1I. The monoisotopic (exact) mass is 257 g/mol. The third-order valence-corrected chi connectivity index (χ3v) is 3.87. The second-order valence-electron chi connectivity index (χ2n) is 2.81. The summed E-state index contributed by atoms with van der Waals surface area (Å²) in [6, 6.07) is 0.121. The molecular weight excluding hydrogens is 245 g/mol. The molecule has 1 rings (SSSR count). The quantitative estimate of drug-likeness (QED) is 0.479. The fraction of sp³-hybridized carbons (Fsp3) is 1.00. The van der Waals surface area contributed by atoms with E-state index in [1.54, 1.807) is 0 Å². The molecule has 1 aliphatic heterocycles. The van der Waals surface area contributed by atoms with E-state index in [1.165, 1.54) is 0 Å². The van der Waals surface area contributed by atoms with Gasteiger partial charge in [-0.15, -0.1) is 0 Å². The molecule has 3 nitrogen and oxygen atoms in total. The lowest BCUT2D eigenvalue weighted by Crippen LogP contribution is -2.30. The zero-order valence-electron chi connectivity index (χ0n) is 6.03. The Kier molecular flexibility index (Phi) is 2.54. The topological polar surface area (TPSA) is 43.7 Å². The Morgan fingerprint density at radius 2 is 1.40 bits per heavy atom. The highest BCUT2D eigenvalue weighted by atomic mass is 127. The van der Waals surface area contributed by atoms with Crippen LogP contribution in [0, 0.1) is 0 Å². The van der Waals surface area contributed by atoms with Gasteiger partial charge in [0.2, 0.25) is 0 Å². The average Bonchev–Trinajstić information content (AvgIpc) is 2.07. The molecule has 60 valence electrons. The largest absolute Gasteiger partial charge is 0.389 e. The van der Waals surface area contributed by atoms with E-state index < -0.39 is 12.2 Å². The Morgan fingerprint density at radius 3 is 1.50 bits per heavy atom. The number of halogens is 1. The van der Waals surface area contributed by atoms with Crippen molar-refractivity contribution in [3.8, 4) is 0 Å². The van der Waals surface area contributed by atoms with Gasteiger partial charge >= 0.3 is 0 Å². The highest BCUT2D eigenvalue weighted by molar-refractivity contribution is 14.1. The van der Waals surface area contributed by atoms with Crippen molar-refractivity contribution >= 4 is 22.9 Å². The van der Waals surface area contributed by atoms with Crippen LogP contribution in [-0.4, -0.2) is 37.6 Å². The molecule has 0 aromatic heterocycles. The molecule has 0 bridgehead atoms. The molecule has 1 fully saturated rings. The van der Waals surface area contributed by atoms with Gasteiger partial charge < -0.3 is 10.2 Å². The highest BCUT2D eigenvalue weighted by Gasteiger charge is 2.41. The second-order valence-corrected chi connectivity index (χ2v) is 3.92. The molecule has 1 heterocycles. The van der Waals surface area contributed by atoms with Crippen molar-refractivity contribution in [3.05, 3.63) is 0 Å². The zero-order chi connectivity index (χ0) is 7.89. The number of aliphatic hydroxyl groups is 2. The van der Waals surface area contributed by atoms with Crippen LogP contribution in [0.5, 0.6) is 0 Å². The lowest BCUT2D eigenvalue weighted by molar-refractivity contribution is 0.0327. The van der Waals surface area contributed by atoms with Gasteiger partial charge in [0.1, 0.15) is 0 Å². The van der Waals surface area contributed by atoms with Gasteiger partial charge in [-0.25, -0.2) is 3.11 Å². The van der Waals surface area contributed by atoms with Gasteiger partial charge in [-0.3, -0.25) is 0 Å². The molecule has 0 aromatic carbocycles. The van der Waals surface area contributed by atoms with E-state index in [0.717, 1.165) is 0 Å². The molecule has 2 N–H and O–H groups in total. The van der Waals surface area contributed by atoms with Crippen LogP contribution in [0.4, 0.5) is 0 Å². The molecule has 0 aromatic rings. The predicted octanol–water partition coefficient (Wildman–Crippen LogP) is 0.151. The first-order valence-electron chi connectivity index (χ1n) is 3.36. The summed E-state index contributed by atoms with van der Waals surface area (Å²) in [5.74, 6) is 0. The van der Waals surface area contributed by atoms with Gasteiger partial charge in [0.05, 0.1) is 12.2 Å². The van der Waals surface area contributed by atoms with Gasteiger partial charge in [-0.1, -0.05) is 0 Å². The molecule has 4 unspecified atom stereocenters. The fourth-order valence-electron chi connectivity index (χ4n) is 1.23. The van der Waals surface area contributed by atoms with Gasteiger partial charge in [0.15, 0.2) is 0 Å². The molecule has 4 heteroatoms. The summed E-state index contributed by atoms with van der Waals surface area (Å²) >= 11 is 2.13. The molecule has 10 heavy (non-hydrogen) atoms. The summed E-state index contributed by atoms with van der Waals surface area (Å²) in [7, 11) is 0. The number of rotatable bonds is 0. The van der Waals surface area contributed by atoms with E-state index in [-0.39, 0.29) is 12.1 Å². The van der Waals surface area contributed by atoms with Crippen molar-refractivity contribution in [2.24, 2.45) is 0 Å². The summed E-state index contributed by atoms with van der Waals surface area (Å²) in [6.45, 7) is 3.81. The number of aliphatic hydroxyl groups excluding tert-OH is 2. The normalized spacial score (nSPS) is 50.1. The van der Waals surface area contributed by atoms with Crippen molar-refractivity contribution in [2.45, 2.75) is 38.1 Å². The van der Waals surface area contributed by atoms with E-state index in [1.807, 2.05) is 17.0 Å². The van der Waals surface area contributed by atoms with Crippen LogP contribution in [0.3, 0.4) is 0 Å². The summed E-state index contributed by atoms with van der Waals surface area (Å²) in [6.07, 6.45) is -1.18. The molecule has 0 amide bonds. The first kappa shape index (κ1) is 8.70. The molecular formula is C6H12INO2. The highest BCUT2D eigenvalue weighted by Crippen LogP contribution is 2.27. The first-order chi connectivity index (χ1) is 4.55. The van der Waals surface area contributed by atoms with E-state index in [0.29, 0.717) is 0 Å². The third kappa shape index (κ3) is 1.17. The Balaban J connectivity index is 2.68. The van der Waals surface area contributed by atoms with E-state index in [9.17, 15) is 10.2 Å². The molecule has 1 saturated heterocycles. The maximum atomic E-state index is 9.31. The molecule has 0 spiro atoms. The molecule has 0 saturated carbocycles. The predicted molar refractivity (Wildman–Crippen MR) is 46.8 cm³/mol. The number of nitrogens with zero attached hydrogens (tertiary/aromatic N) is 1. The Hall–Kier alpha value is 0.610. The van der Waals surface area contributed by atoms with Crippen molar-refractivity contribution in [1.82, 2.24) is 3.11 Å². The minimum atomic E-state index is -0.591. The summed E-state index contributed by atoms with van der Waals surface area (Å²) in [5.41, 5.74) is 0. The lowest BCUT2D eigenvalue weighted by atomic mass is 10.1. The van der Waals surface area contributed by atoms with E-state index in [2.05, 4.69) is 22.9 Å². The van der Waals surface area contributed by atoms with Crippen LogP contribution in [0.15, 0.2) is 0 Å². The van der Waals surface area contributed by atoms with Crippen molar-refractivity contribution < 1.29 is 10.2 Å². The second kappa shape index (κ2) is 2.92. The van der Waals surface area contributed by atoms with Crippen LogP contribution in [-0.2, 0) is 0 Å². The Labute approximate surface area is 74.5 Å². The van der Waals surface area contributed by atoms with Gasteiger partial charge in [-0.2, -0.15) is 0 Å². The summed E-state index contributed by atoms with van der Waals surface area (Å²) in [5, 5.41) is 18.6. The smallest absolute Gasteiger partial charge is 0.0974 e. The minimum Gasteiger partial charge on any atom is -0.389 e. The zero-order valence-corrected chi connectivity index (χ0v) is 8.19. The van der Waals surface area contributed by atoms with Crippen molar-refractivity contribution in [1.29, 1.82) is 0 Å². The van der Waals surface area contributed by atoms with Gasteiger partial charge in [0.25, 0.3) is 0 Å². The Bertz CT molecular complexity index is 88.1. The molecule has 4 atom stereocenters. The maximum absolute atomic E-state index is 9.31. The van der Waals surface area contributed by atoms with E-state index in [4.69, 9.17) is 0 Å². The first-order valence-corrected chi connectivity index (χ1v) is 4.32. The summed E-state index contributed by atoms with van der Waals surface area (Å²) in [4.78, 5) is 0. The lowest BCUT2D eigenvalue weighted by Gasteiger charge is -2.16. The number of hydrogen-bond donors (Lipinski definition) is 2. The van der Waals surface area contributed by atoms with Crippen LogP contribution in [0.1, 0.15) is 13.8 Å². The van der Waals surface area contributed by atoms with Gasteiger partial charge in [-0.05, 0) is 13.8 Å². The van der Waals surface area contributed by atoms with Gasteiger partial charge in [0, 0.05) is 34.9 Å². The minimum absolute atomic E-state index is 0.0607. The van der Waals surface area contributed by atoms with E-state index >= 15 is 0 Å². The summed E-state index contributed by atoms with van der Waals surface area (Å²) < 4.78 is 1.95. The molecule has 1 aliphatic rings. The molecule has 0 aliphatic carbocycles. The average molecular weight is 257 g/mol. The standard InChI is InChI=1S/C6H12INO2/c1-3-5(9)6(10)4(2)8(3)7/h3-6,9-10H,1-2H3. The van der Waals surface area contributed by atoms with Crippen molar-refractivity contribution in [2.75, 3.05) is 0 Å². The third-order valence-electron chi connectivity index (χ3n) is 2.12. The van der Waals surface area contributed by atoms with Crippen molar-refractivity contribution in [3.63, 3.8) is 0 Å². The van der Waals surface area contributed by atoms with Crippen LogP contribution >= 0.6 is 22.9 Å². The van der Waals surface area contributed by atoms with Crippen LogP contribution < -0.4 is 0 Å². The van der Waals surface area contributed by atoms with Crippen LogP contribution in [0.25, 0.3) is 0 Å².